The van der Waals surface area contributed by atoms with Crippen LogP contribution in [-0.4, -0.2) is 42.0 Å². The van der Waals surface area contributed by atoms with E-state index < -0.39 is 0 Å². The Morgan fingerprint density at radius 1 is 0.895 bits per heavy atom. The first-order chi connectivity index (χ1) is 9.02. The highest BCUT2D eigenvalue weighted by Gasteiger charge is 2.41. The van der Waals surface area contributed by atoms with Crippen LogP contribution in [-0.2, 0) is 0 Å². The first kappa shape index (κ1) is 15.8. The van der Waals surface area contributed by atoms with Gasteiger partial charge >= 0.3 is 0 Å². The van der Waals surface area contributed by atoms with Gasteiger partial charge in [0.15, 0.2) is 0 Å². The highest BCUT2D eigenvalue weighted by Crippen LogP contribution is 2.61. The van der Waals surface area contributed by atoms with Crippen molar-refractivity contribution in [3.63, 3.8) is 0 Å². The van der Waals surface area contributed by atoms with E-state index in [1.807, 2.05) is 0 Å². The van der Waals surface area contributed by atoms with Crippen LogP contribution in [0.5, 0.6) is 0 Å². The Balaban J connectivity index is 2.11. The molecule has 2 unspecified atom stereocenters. The van der Waals surface area contributed by atoms with E-state index >= 15 is 0 Å². The quantitative estimate of drug-likeness (QED) is 0.646. The summed E-state index contributed by atoms with van der Waals surface area (Å²) in [6.45, 7) is 7.49. The predicted molar refractivity (Wildman–Crippen MR) is 88.6 cm³/mol. The topological polar surface area (TPSA) is 3.24 Å². The van der Waals surface area contributed by atoms with Gasteiger partial charge in [0, 0.05) is 6.04 Å². The summed E-state index contributed by atoms with van der Waals surface area (Å²) in [6.07, 6.45) is 10.6. The lowest BCUT2D eigenvalue weighted by Crippen LogP contribution is -2.37. The van der Waals surface area contributed by atoms with E-state index in [2.05, 4.69) is 39.8 Å². The van der Waals surface area contributed by atoms with Crippen molar-refractivity contribution in [1.82, 2.24) is 4.90 Å². The van der Waals surface area contributed by atoms with Crippen LogP contribution < -0.4 is 0 Å². The fourth-order valence-corrected chi connectivity index (χ4v) is 9.00. The smallest absolute Gasteiger partial charge is 0.00951 e. The fourth-order valence-electron chi connectivity index (χ4n) is 4.56. The Morgan fingerprint density at radius 3 is 2.05 bits per heavy atom. The van der Waals surface area contributed by atoms with Gasteiger partial charge in [0.05, 0.1) is 0 Å². The zero-order valence-electron chi connectivity index (χ0n) is 13.7. The highest BCUT2D eigenvalue weighted by atomic mass is 31.1. The molecular formula is C17H34NP. The normalized spacial score (nSPS) is 32.4. The van der Waals surface area contributed by atoms with Crippen molar-refractivity contribution in [1.29, 1.82) is 0 Å². The van der Waals surface area contributed by atoms with Crippen molar-refractivity contribution in [2.45, 2.75) is 88.7 Å². The van der Waals surface area contributed by atoms with Crippen molar-refractivity contribution in [3.05, 3.63) is 0 Å². The van der Waals surface area contributed by atoms with Crippen molar-refractivity contribution < 1.29 is 0 Å². The molecule has 1 nitrogen and oxygen atoms in total. The second-order valence-electron chi connectivity index (χ2n) is 7.35. The second-order valence-corrected chi connectivity index (χ2v) is 10.7. The molecule has 0 N–H and O–H groups in total. The van der Waals surface area contributed by atoms with E-state index in [1.165, 1.54) is 32.1 Å². The summed E-state index contributed by atoms with van der Waals surface area (Å²) in [5.74, 6) is 0.976. The summed E-state index contributed by atoms with van der Waals surface area (Å²) in [6, 6.07) is 0.776. The largest absolute Gasteiger partial charge is 0.306 e. The van der Waals surface area contributed by atoms with Crippen LogP contribution in [0.2, 0.25) is 0 Å². The van der Waals surface area contributed by atoms with Crippen LogP contribution in [0.25, 0.3) is 0 Å². The van der Waals surface area contributed by atoms with Gasteiger partial charge in [-0.15, -0.1) is 0 Å². The van der Waals surface area contributed by atoms with Gasteiger partial charge in [-0.1, -0.05) is 41.0 Å². The summed E-state index contributed by atoms with van der Waals surface area (Å²) in [5.41, 5.74) is 3.11. The first-order valence-electron chi connectivity index (χ1n) is 8.46. The molecule has 2 fully saturated rings. The Hall–Kier alpha value is 0.390. The molecule has 19 heavy (non-hydrogen) atoms. The Bertz CT molecular complexity index is 270. The standard InChI is InChI=1S/C17H34NP/c1-13(2)19(15-9-6-7-10-15)17-12-8-11-16(17)14(3)18(4)5/h13-17H,6-12H2,1-5H3/t14-,16?,17?,19+/m1/s1. The molecule has 0 aliphatic heterocycles. The minimum absolute atomic E-state index is 0.255. The lowest BCUT2D eigenvalue weighted by Gasteiger charge is -2.40. The van der Waals surface area contributed by atoms with Gasteiger partial charge in [-0.25, -0.2) is 0 Å². The molecule has 2 aliphatic rings. The van der Waals surface area contributed by atoms with Crippen molar-refractivity contribution >= 4 is 7.92 Å². The molecule has 0 saturated heterocycles. The van der Waals surface area contributed by atoms with Crippen LogP contribution in [0, 0.1) is 5.92 Å². The molecule has 0 aromatic carbocycles. The zero-order chi connectivity index (χ0) is 14.0. The number of rotatable bonds is 5. The van der Waals surface area contributed by atoms with E-state index in [9.17, 15) is 0 Å². The maximum absolute atomic E-state index is 2.51. The fraction of sp³-hybridized carbons (Fsp3) is 1.00. The van der Waals surface area contributed by atoms with Crippen LogP contribution in [0.1, 0.15) is 65.7 Å². The van der Waals surface area contributed by atoms with E-state index in [-0.39, 0.29) is 7.92 Å². The maximum Gasteiger partial charge on any atom is 0.00951 e. The number of nitrogens with zero attached hydrogens (tertiary/aromatic N) is 1. The van der Waals surface area contributed by atoms with E-state index in [0.29, 0.717) is 0 Å². The van der Waals surface area contributed by atoms with Crippen LogP contribution in [0.4, 0.5) is 0 Å². The molecule has 2 saturated carbocycles. The van der Waals surface area contributed by atoms with Gasteiger partial charge in [0.25, 0.3) is 0 Å². The lowest BCUT2D eigenvalue weighted by molar-refractivity contribution is 0.231. The highest BCUT2D eigenvalue weighted by molar-refractivity contribution is 7.59. The SMILES string of the molecule is CC(C)[P@@](C1CCCC1)C1CCCC1[C@@H](C)N(C)C. The molecular weight excluding hydrogens is 249 g/mol. The Labute approximate surface area is 122 Å². The number of hydrogen-bond donors (Lipinski definition) is 0. The summed E-state index contributed by atoms with van der Waals surface area (Å²) in [4.78, 5) is 2.46. The van der Waals surface area contributed by atoms with Crippen molar-refractivity contribution in [2.75, 3.05) is 14.1 Å². The average Bonchev–Trinajstić information content (AvgIpc) is 2.99. The minimum Gasteiger partial charge on any atom is -0.306 e. The molecule has 4 atom stereocenters. The Morgan fingerprint density at radius 2 is 1.53 bits per heavy atom. The summed E-state index contributed by atoms with van der Waals surface area (Å²) >= 11 is 0. The molecule has 2 rings (SSSR count). The van der Waals surface area contributed by atoms with Crippen LogP contribution in [0.15, 0.2) is 0 Å². The summed E-state index contributed by atoms with van der Waals surface area (Å²) in [7, 11) is 4.80. The molecule has 0 radical (unpaired) electrons. The molecule has 2 aliphatic carbocycles. The summed E-state index contributed by atoms with van der Waals surface area (Å²) in [5, 5.41) is 0. The van der Waals surface area contributed by atoms with Gasteiger partial charge in [-0.05, 0) is 69.6 Å². The van der Waals surface area contributed by atoms with Crippen molar-refractivity contribution in [3.8, 4) is 0 Å². The second kappa shape index (κ2) is 6.90. The average molecular weight is 283 g/mol. The zero-order valence-corrected chi connectivity index (χ0v) is 14.6. The van der Waals surface area contributed by atoms with E-state index in [1.54, 1.807) is 12.8 Å². The van der Waals surface area contributed by atoms with Gasteiger partial charge < -0.3 is 4.90 Å². The predicted octanol–water partition coefficient (Wildman–Crippen LogP) is 4.94. The van der Waals surface area contributed by atoms with Gasteiger partial charge in [0.1, 0.15) is 0 Å². The monoisotopic (exact) mass is 283 g/mol. The van der Waals surface area contributed by atoms with Crippen molar-refractivity contribution in [2.24, 2.45) is 5.92 Å². The third-order valence-electron chi connectivity index (χ3n) is 5.69. The molecule has 0 amide bonds. The summed E-state index contributed by atoms with van der Waals surface area (Å²) < 4.78 is 0. The number of hydrogen-bond acceptors (Lipinski definition) is 1. The minimum atomic E-state index is 0.255. The molecule has 0 spiro atoms. The third kappa shape index (κ3) is 3.53. The lowest BCUT2D eigenvalue weighted by atomic mass is 9.98. The molecule has 2 heteroatoms. The molecule has 112 valence electrons. The van der Waals surface area contributed by atoms with Gasteiger partial charge in [-0.3, -0.25) is 0 Å². The van der Waals surface area contributed by atoms with Crippen LogP contribution >= 0.6 is 7.92 Å². The molecule has 0 aromatic rings. The van der Waals surface area contributed by atoms with Gasteiger partial charge in [0.2, 0.25) is 0 Å². The first-order valence-corrected chi connectivity index (χ1v) is 10.0. The van der Waals surface area contributed by atoms with Crippen LogP contribution in [0.3, 0.4) is 0 Å². The van der Waals surface area contributed by atoms with Gasteiger partial charge in [-0.2, -0.15) is 0 Å². The van der Waals surface area contributed by atoms with E-state index in [4.69, 9.17) is 0 Å². The maximum atomic E-state index is 2.51. The van der Waals surface area contributed by atoms with E-state index in [0.717, 1.165) is 28.9 Å². The molecule has 0 aromatic heterocycles. The molecule has 0 bridgehead atoms. The third-order valence-corrected chi connectivity index (χ3v) is 9.65. The molecule has 0 heterocycles. The Kier molecular flexibility index (Phi) is 5.73.